The highest BCUT2D eigenvalue weighted by Crippen LogP contribution is 2.28. The van der Waals surface area contributed by atoms with E-state index in [1.165, 1.54) is 19.3 Å². The number of hydrogen-bond acceptors (Lipinski definition) is 4. The highest BCUT2D eigenvalue weighted by atomic mass is 16.5. The van der Waals surface area contributed by atoms with Crippen LogP contribution >= 0.6 is 0 Å². The summed E-state index contributed by atoms with van der Waals surface area (Å²) in [7, 11) is 0. The number of ether oxygens (including phenoxy) is 1. The molecule has 1 saturated carbocycles. The molecule has 2 aliphatic rings. The van der Waals surface area contributed by atoms with E-state index in [2.05, 4.69) is 17.1 Å². The summed E-state index contributed by atoms with van der Waals surface area (Å²) in [6.45, 7) is 6.57. The molecule has 104 valence electrons. The van der Waals surface area contributed by atoms with E-state index in [0.29, 0.717) is 6.54 Å². The van der Waals surface area contributed by atoms with Gasteiger partial charge in [-0.15, -0.1) is 0 Å². The average molecular weight is 254 g/mol. The molecule has 2 rings (SSSR count). The van der Waals surface area contributed by atoms with Gasteiger partial charge in [0.2, 0.25) is 0 Å². The number of nitrogens with zero attached hydrogens (tertiary/aromatic N) is 1. The Labute approximate surface area is 110 Å². The van der Waals surface area contributed by atoms with E-state index in [4.69, 9.17) is 4.74 Å². The number of esters is 1. The van der Waals surface area contributed by atoms with Crippen LogP contribution in [0.1, 0.15) is 39.0 Å². The first-order chi connectivity index (χ1) is 8.78. The molecule has 0 amide bonds. The van der Waals surface area contributed by atoms with Gasteiger partial charge in [0.25, 0.3) is 0 Å². The molecule has 1 aliphatic heterocycles. The van der Waals surface area contributed by atoms with Gasteiger partial charge in [-0.1, -0.05) is 19.8 Å². The van der Waals surface area contributed by atoms with Crippen LogP contribution in [0, 0.1) is 5.92 Å². The molecule has 2 unspecified atom stereocenters. The van der Waals surface area contributed by atoms with Gasteiger partial charge in [0.05, 0.1) is 6.54 Å². The third-order valence-electron chi connectivity index (χ3n) is 4.17. The van der Waals surface area contributed by atoms with E-state index in [-0.39, 0.29) is 12.1 Å². The monoisotopic (exact) mass is 254 g/mol. The first kappa shape index (κ1) is 13.8. The molecule has 1 aliphatic carbocycles. The second kappa shape index (κ2) is 7.10. The lowest BCUT2D eigenvalue weighted by Crippen LogP contribution is -2.46. The van der Waals surface area contributed by atoms with Crippen molar-refractivity contribution in [2.75, 3.05) is 32.7 Å². The fourth-order valence-corrected chi connectivity index (χ4v) is 2.99. The van der Waals surface area contributed by atoms with E-state index < -0.39 is 0 Å². The summed E-state index contributed by atoms with van der Waals surface area (Å²) in [6, 6.07) is 0. The lowest BCUT2D eigenvalue weighted by Gasteiger charge is -2.30. The fraction of sp³-hybridized carbons (Fsp3) is 0.929. The topological polar surface area (TPSA) is 41.6 Å². The SMILES string of the molecule is CCC1CCCC(OC(=O)CN2CCNCC2)C1. The normalized spacial score (nSPS) is 30.1. The van der Waals surface area contributed by atoms with Gasteiger partial charge in [-0.3, -0.25) is 9.69 Å². The van der Waals surface area contributed by atoms with Crippen molar-refractivity contribution in [3.63, 3.8) is 0 Å². The molecule has 0 aromatic rings. The highest BCUT2D eigenvalue weighted by Gasteiger charge is 2.24. The molecule has 1 N–H and O–H groups in total. The quantitative estimate of drug-likeness (QED) is 0.770. The molecule has 2 atom stereocenters. The minimum Gasteiger partial charge on any atom is -0.461 e. The summed E-state index contributed by atoms with van der Waals surface area (Å²) in [6.07, 6.45) is 6.05. The van der Waals surface area contributed by atoms with E-state index >= 15 is 0 Å². The number of carbonyl (C=O) groups excluding carboxylic acids is 1. The molecule has 1 heterocycles. The van der Waals surface area contributed by atoms with Crippen LogP contribution in [0.4, 0.5) is 0 Å². The van der Waals surface area contributed by atoms with Gasteiger partial charge >= 0.3 is 5.97 Å². The lowest BCUT2D eigenvalue weighted by atomic mass is 9.85. The van der Waals surface area contributed by atoms with Crippen LogP contribution in [0.25, 0.3) is 0 Å². The number of nitrogens with one attached hydrogen (secondary N) is 1. The van der Waals surface area contributed by atoms with E-state index in [1.54, 1.807) is 0 Å². The Morgan fingerprint density at radius 3 is 2.83 bits per heavy atom. The van der Waals surface area contributed by atoms with Gasteiger partial charge in [-0.05, 0) is 25.2 Å². The Kier molecular flexibility index (Phi) is 5.45. The first-order valence-electron chi connectivity index (χ1n) is 7.40. The molecule has 0 bridgehead atoms. The zero-order valence-corrected chi connectivity index (χ0v) is 11.5. The van der Waals surface area contributed by atoms with Gasteiger partial charge < -0.3 is 10.1 Å². The number of rotatable bonds is 4. The lowest BCUT2D eigenvalue weighted by molar-refractivity contribution is -0.152. The van der Waals surface area contributed by atoms with Crippen LogP contribution in [-0.2, 0) is 9.53 Å². The molecular weight excluding hydrogens is 228 g/mol. The maximum atomic E-state index is 11.9. The van der Waals surface area contributed by atoms with Crippen LogP contribution in [0.2, 0.25) is 0 Å². The zero-order chi connectivity index (χ0) is 12.8. The molecule has 1 saturated heterocycles. The van der Waals surface area contributed by atoms with E-state index in [0.717, 1.165) is 44.9 Å². The van der Waals surface area contributed by atoms with Crippen molar-refractivity contribution in [2.24, 2.45) is 5.92 Å². The van der Waals surface area contributed by atoms with Crippen LogP contribution < -0.4 is 5.32 Å². The van der Waals surface area contributed by atoms with Crippen molar-refractivity contribution >= 4 is 5.97 Å². The maximum Gasteiger partial charge on any atom is 0.320 e. The number of piperazine rings is 1. The standard InChI is InChI=1S/C14H26N2O2/c1-2-12-4-3-5-13(10-12)18-14(17)11-16-8-6-15-7-9-16/h12-13,15H,2-11H2,1H3. The van der Waals surface area contributed by atoms with Crippen molar-refractivity contribution < 1.29 is 9.53 Å². The Morgan fingerprint density at radius 1 is 1.33 bits per heavy atom. The molecule has 2 fully saturated rings. The molecule has 0 radical (unpaired) electrons. The van der Waals surface area contributed by atoms with Gasteiger partial charge in [-0.25, -0.2) is 0 Å². The minimum atomic E-state index is -0.0290. The molecule has 4 nitrogen and oxygen atoms in total. The Hall–Kier alpha value is -0.610. The molecule has 18 heavy (non-hydrogen) atoms. The van der Waals surface area contributed by atoms with Crippen molar-refractivity contribution in [1.82, 2.24) is 10.2 Å². The second-order valence-electron chi connectivity index (χ2n) is 5.58. The zero-order valence-electron chi connectivity index (χ0n) is 11.5. The van der Waals surface area contributed by atoms with Crippen LogP contribution in [0.5, 0.6) is 0 Å². The summed E-state index contributed by atoms with van der Waals surface area (Å²) in [5, 5.41) is 3.29. The predicted octanol–water partition coefficient (Wildman–Crippen LogP) is 1.40. The van der Waals surface area contributed by atoms with Gasteiger partial charge in [0.15, 0.2) is 0 Å². The fourth-order valence-electron chi connectivity index (χ4n) is 2.99. The Balaban J connectivity index is 1.69. The summed E-state index contributed by atoms with van der Waals surface area (Å²) in [5.74, 6) is 0.731. The van der Waals surface area contributed by atoms with Crippen molar-refractivity contribution in [2.45, 2.75) is 45.1 Å². The molecule has 0 aromatic carbocycles. The molecule has 4 heteroatoms. The third-order valence-corrected chi connectivity index (χ3v) is 4.17. The minimum absolute atomic E-state index is 0.0290. The highest BCUT2D eigenvalue weighted by molar-refractivity contribution is 5.71. The molecule has 0 spiro atoms. The summed E-state index contributed by atoms with van der Waals surface area (Å²) in [5.41, 5.74) is 0. The van der Waals surface area contributed by atoms with E-state index in [9.17, 15) is 4.79 Å². The van der Waals surface area contributed by atoms with Gasteiger partial charge in [-0.2, -0.15) is 0 Å². The van der Waals surface area contributed by atoms with Crippen molar-refractivity contribution in [1.29, 1.82) is 0 Å². The van der Waals surface area contributed by atoms with Crippen LogP contribution in [-0.4, -0.2) is 49.7 Å². The molecule has 0 aromatic heterocycles. The third kappa shape index (κ3) is 4.25. The molecular formula is C14H26N2O2. The number of hydrogen-bond donors (Lipinski definition) is 1. The predicted molar refractivity (Wildman–Crippen MR) is 71.4 cm³/mol. The smallest absolute Gasteiger partial charge is 0.320 e. The Morgan fingerprint density at radius 2 is 2.11 bits per heavy atom. The van der Waals surface area contributed by atoms with Crippen LogP contribution in [0.15, 0.2) is 0 Å². The van der Waals surface area contributed by atoms with Crippen LogP contribution in [0.3, 0.4) is 0 Å². The average Bonchev–Trinajstić information content (AvgIpc) is 2.40. The second-order valence-corrected chi connectivity index (χ2v) is 5.58. The summed E-state index contributed by atoms with van der Waals surface area (Å²) < 4.78 is 5.63. The first-order valence-corrected chi connectivity index (χ1v) is 7.40. The van der Waals surface area contributed by atoms with Gasteiger partial charge in [0, 0.05) is 26.2 Å². The van der Waals surface area contributed by atoms with E-state index in [1.807, 2.05) is 0 Å². The van der Waals surface area contributed by atoms with Crippen molar-refractivity contribution in [3.05, 3.63) is 0 Å². The number of carbonyl (C=O) groups is 1. The van der Waals surface area contributed by atoms with Gasteiger partial charge in [0.1, 0.15) is 6.10 Å². The Bertz CT molecular complexity index is 265. The van der Waals surface area contributed by atoms with Crippen molar-refractivity contribution in [3.8, 4) is 0 Å². The summed E-state index contributed by atoms with van der Waals surface area (Å²) >= 11 is 0. The summed E-state index contributed by atoms with van der Waals surface area (Å²) in [4.78, 5) is 14.1. The largest absolute Gasteiger partial charge is 0.461 e. The maximum absolute atomic E-state index is 11.9.